The van der Waals surface area contributed by atoms with Crippen LogP contribution in [-0.4, -0.2) is 28.4 Å². The first kappa shape index (κ1) is 13.9. The van der Waals surface area contributed by atoms with Crippen LogP contribution in [0.5, 0.6) is 0 Å². The van der Waals surface area contributed by atoms with E-state index in [2.05, 4.69) is 4.98 Å². The SMILES string of the molecule is CCc1ccc(CC(O)(CN)C(F)(F)F)nc1. The molecule has 0 bridgehead atoms. The highest BCUT2D eigenvalue weighted by Gasteiger charge is 2.52. The molecule has 0 saturated carbocycles. The molecule has 0 aliphatic heterocycles. The number of rotatable bonds is 4. The van der Waals surface area contributed by atoms with Gasteiger partial charge in [-0.25, -0.2) is 0 Å². The van der Waals surface area contributed by atoms with Crippen molar-refractivity contribution in [3.63, 3.8) is 0 Å². The van der Waals surface area contributed by atoms with Crippen molar-refractivity contribution >= 4 is 0 Å². The van der Waals surface area contributed by atoms with Crippen molar-refractivity contribution in [2.24, 2.45) is 5.73 Å². The van der Waals surface area contributed by atoms with Crippen LogP contribution in [0.2, 0.25) is 0 Å². The van der Waals surface area contributed by atoms with Gasteiger partial charge in [0.15, 0.2) is 5.60 Å². The Morgan fingerprint density at radius 3 is 2.35 bits per heavy atom. The zero-order valence-corrected chi connectivity index (χ0v) is 9.46. The molecule has 3 N–H and O–H groups in total. The van der Waals surface area contributed by atoms with E-state index in [4.69, 9.17) is 5.73 Å². The molecule has 1 rings (SSSR count). The van der Waals surface area contributed by atoms with E-state index in [-0.39, 0.29) is 5.69 Å². The van der Waals surface area contributed by atoms with E-state index in [0.29, 0.717) is 0 Å². The molecular formula is C11H15F3N2O. The first-order chi connectivity index (χ1) is 7.82. The summed E-state index contributed by atoms with van der Waals surface area (Å²) in [5.41, 5.74) is 3.19. The van der Waals surface area contributed by atoms with Crippen LogP contribution in [0.15, 0.2) is 18.3 Å². The minimum atomic E-state index is -4.76. The summed E-state index contributed by atoms with van der Waals surface area (Å²) in [5, 5.41) is 9.45. The number of aliphatic hydroxyl groups is 1. The number of nitrogens with zero attached hydrogens (tertiary/aromatic N) is 1. The summed E-state index contributed by atoms with van der Waals surface area (Å²) in [6, 6.07) is 3.17. The second-order valence-corrected chi connectivity index (χ2v) is 3.92. The zero-order valence-electron chi connectivity index (χ0n) is 9.46. The van der Waals surface area contributed by atoms with Crippen LogP contribution in [-0.2, 0) is 12.8 Å². The average molecular weight is 248 g/mol. The molecule has 96 valence electrons. The molecule has 1 aromatic heterocycles. The Balaban J connectivity index is 2.87. The monoisotopic (exact) mass is 248 g/mol. The Labute approximate surface area is 97.5 Å². The quantitative estimate of drug-likeness (QED) is 0.847. The second-order valence-electron chi connectivity index (χ2n) is 3.92. The molecule has 0 spiro atoms. The van der Waals surface area contributed by atoms with Crippen LogP contribution in [0, 0.1) is 0 Å². The summed E-state index contributed by atoms with van der Waals surface area (Å²) >= 11 is 0. The van der Waals surface area contributed by atoms with E-state index in [0.717, 1.165) is 12.0 Å². The third kappa shape index (κ3) is 3.17. The van der Waals surface area contributed by atoms with Gasteiger partial charge >= 0.3 is 6.18 Å². The Bertz CT molecular complexity index is 364. The number of alkyl halides is 3. The number of nitrogens with two attached hydrogens (primary N) is 1. The maximum absolute atomic E-state index is 12.6. The van der Waals surface area contributed by atoms with Gasteiger partial charge in [-0.1, -0.05) is 13.0 Å². The van der Waals surface area contributed by atoms with Gasteiger partial charge in [0.1, 0.15) is 0 Å². The lowest BCUT2D eigenvalue weighted by atomic mass is 9.96. The normalized spacial score (nSPS) is 15.6. The van der Waals surface area contributed by atoms with Gasteiger partial charge in [-0.2, -0.15) is 13.2 Å². The molecule has 6 heteroatoms. The highest BCUT2D eigenvalue weighted by atomic mass is 19.4. The Morgan fingerprint density at radius 1 is 1.35 bits per heavy atom. The fraction of sp³-hybridized carbons (Fsp3) is 0.545. The van der Waals surface area contributed by atoms with Gasteiger partial charge in [-0.05, 0) is 18.1 Å². The van der Waals surface area contributed by atoms with Crippen LogP contribution in [0.3, 0.4) is 0 Å². The van der Waals surface area contributed by atoms with Gasteiger partial charge in [0, 0.05) is 24.9 Å². The van der Waals surface area contributed by atoms with Gasteiger partial charge < -0.3 is 10.8 Å². The van der Waals surface area contributed by atoms with Crippen LogP contribution >= 0.6 is 0 Å². The van der Waals surface area contributed by atoms with Crippen LogP contribution in [0.1, 0.15) is 18.2 Å². The van der Waals surface area contributed by atoms with Crippen LogP contribution < -0.4 is 5.73 Å². The Kier molecular flexibility index (Phi) is 4.11. The van der Waals surface area contributed by atoms with Crippen molar-refractivity contribution in [2.75, 3.05) is 6.54 Å². The highest BCUT2D eigenvalue weighted by molar-refractivity contribution is 5.16. The topological polar surface area (TPSA) is 59.1 Å². The number of halogens is 3. The minimum absolute atomic E-state index is 0.174. The van der Waals surface area contributed by atoms with Crippen molar-refractivity contribution < 1.29 is 18.3 Å². The number of aromatic nitrogens is 1. The minimum Gasteiger partial charge on any atom is -0.379 e. The molecule has 17 heavy (non-hydrogen) atoms. The summed E-state index contributed by atoms with van der Waals surface area (Å²) < 4.78 is 37.7. The molecule has 1 unspecified atom stereocenters. The molecule has 0 aromatic carbocycles. The predicted molar refractivity (Wildman–Crippen MR) is 57.4 cm³/mol. The average Bonchev–Trinajstić information content (AvgIpc) is 2.28. The smallest absolute Gasteiger partial charge is 0.379 e. The van der Waals surface area contributed by atoms with Crippen molar-refractivity contribution in [1.82, 2.24) is 4.98 Å². The molecule has 1 aromatic rings. The van der Waals surface area contributed by atoms with E-state index in [9.17, 15) is 18.3 Å². The first-order valence-corrected chi connectivity index (χ1v) is 5.25. The Hall–Kier alpha value is -1.14. The molecule has 3 nitrogen and oxygen atoms in total. The lowest BCUT2D eigenvalue weighted by molar-refractivity contribution is -0.255. The summed E-state index contributed by atoms with van der Waals surface area (Å²) in [4.78, 5) is 3.88. The molecule has 0 fully saturated rings. The van der Waals surface area contributed by atoms with E-state index >= 15 is 0 Å². The van der Waals surface area contributed by atoms with Gasteiger partial charge in [-0.3, -0.25) is 4.98 Å². The summed E-state index contributed by atoms with van der Waals surface area (Å²) in [5.74, 6) is 0. The predicted octanol–water partition coefficient (Wildman–Crippen LogP) is 1.44. The molecule has 0 saturated heterocycles. The van der Waals surface area contributed by atoms with E-state index in [1.54, 1.807) is 6.07 Å². The van der Waals surface area contributed by atoms with Crippen LogP contribution in [0.4, 0.5) is 13.2 Å². The molecular weight excluding hydrogens is 233 g/mol. The lowest BCUT2D eigenvalue weighted by Crippen LogP contribution is -2.53. The zero-order chi connectivity index (χ0) is 13.1. The number of aryl methyl sites for hydroxylation is 1. The summed E-state index contributed by atoms with van der Waals surface area (Å²) in [6.45, 7) is 1.04. The largest absolute Gasteiger partial charge is 0.418 e. The van der Waals surface area contributed by atoms with Gasteiger partial charge in [0.05, 0.1) is 0 Å². The fourth-order valence-corrected chi connectivity index (χ4v) is 1.36. The van der Waals surface area contributed by atoms with Crippen molar-refractivity contribution in [3.05, 3.63) is 29.6 Å². The van der Waals surface area contributed by atoms with E-state index in [1.165, 1.54) is 12.3 Å². The second kappa shape index (κ2) is 5.01. The number of hydrogen-bond acceptors (Lipinski definition) is 3. The standard InChI is InChI=1S/C11H15F3N2O/c1-2-8-3-4-9(16-6-8)5-10(17,7-15)11(12,13)14/h3-4,6,17H,2,5,7,15H2,1H3. The molecule has 1 heterocycles. The number of hydrogen-bond donors (Lipinski definition) is 2. The lowest BCUT2D eigenvalue weighted by Gasteiger charge is -2.28. The number of pyridine rings is 1. The Morgan fingerprint density at radius 2 is 2.00 bits per heavy atom. The molecule has 0 aliphatic rings. The van der Waals surface area contributed by atoms with Crippen molar-refractivity contribution in [1.29, 1.82) is 0 Å². The van der Waals surface area contributed by atoms with E-state index < -0.39 is 24.7 Å². The summed E-state index contributed by atoms with van der Waals surface area (Å²) in [7, 11) is 0. The van der Waals surface area contributed by atoms with Crippen LogP contribution in [0.25, 0.3) is 0 Å². The maximum Gasteiger partial charge on any atom is 0.418 e. The highest BCUT2D eigenvalue weighted by Crippen LogP contribution is 2.32. The van der Waals surface area contributed by atoms with Gasteiger partial charge in [-0.15, -0.1) is 0 Å². The fourth-order valence-electron chi connectivity index (χ4n) is 1.36. The van der Waals surface area contributed by atoms with Gasteiger partial charge in [0.25, 0.3) is 0 Å². The third-order valence-electron chi connectivity index (χ3n) is 2.63. The van der Waals surface area contributed by atoms with E-state index in [1.807, 2.05) is 6.92 Å². The first-order valence-electron chi connectivity index (χ1n) is 5.25. The molecule has 0 aliphatic carbocycles. The molecule has 0 radical (unpaired) electrons. The van der Waals surface area contributed by atoms with Gasteiger partial charge in [0.2, 0.25) is 0 Å². The van der Waals surface area contributed by atoms with Crippen molar-refractivity contribution in [3.8, 4) is 0 Å². The maximum atomic E-state index is 12.6. The van der Waals surface area contributed by atoms with Crippen molar-refractivity contribution in [2.45, 2.75) is 31.5 Å². The summed E-state index contributed by atoms with van der Waals surface area (Å²) in [6.07, 6.45) is -3.12. The molecule has 0 amide bonds. The molecule has 1 atom stereocenters. The third-order valence-corrected chi connectivity index (χ3v) is 2.63.